The van der Waals surface area contributed by atoms with Crippen LogP contribution in [0.5, 0.6) is 11.5 Å². The number of benzene rings is 1. The van der Waals surface area contributed by atoms with Crippen molar-refractivity contribution in [2.75, 3.05) is 13.2 Å². The Balaban J connectivity index is 3.36. The quantitative estimate of drug-likeness (QED) is 0.208. The minimum Gasteiger partial charge on any atom is -0.480 e. The van der Waals surface area contributed by atoms with Gasteiger partial charge in [0.05, 0.1) is 25.0 Å². The molecular weight excluding hydrogens is 518 g/mol. The third-order valence-corrected chi connectivity index (χ3v) is 7.18. The molecule has 0 fully saturated rings. The van der Waals surface area contributed by atoms with Gasteiger partial charge in [-0.15, -0.1) is 0 Å². The summed E-state index contributed by atoms with van der Waals surface area (Å²) in [5.41, 5.74) is 6.49. The molecule has 10 heteroatoms. The van der Waals surface area contributed by atoms with Crippen molar-refractivity contribution in [2.45, 2.75) is 80.7 Å². The van der Waals surface area contributed by atoms with E-state index in [0.717, 1.165) is 0 Å². The minimum absolute atomic E-state index is 0.00621. The van der Waals surface area contributed by atoms with Gasteiger partial charge >= 0.3 is 24.1 Å². The average Bonchev–Trinajstić information content (AvgIpc) is 2.87. The van der Waals surface area contributed by atoms with Crippen LogP contribution in [0.1, 0.15) is 80.2 Å². The maximum absolute atomic E-state index is 12.8. The number of hydrogen-bond acceptors (Lipinski definition) is 9. The highest BCUT2D eigenvalue weighted by Gasteiger charge is 2.33. The largest absolute Gasteiger partial charge is 0.508 e. The summed E-state index contributed by atoms with van der Waals surface area (Å²) in [7, 11) is 0. The van der Waals surface area contributed by atoms with E-state index < -0.39 is 53.8 Å². The lowest BCUT2D eigenvalue weighted by atomic mass is 9.82. The summed E-state index contributed by atoms with van der Waals surface area (Å²) in [6, 6.07) is 3.11. The van der Waals surface area contributed by atoms with E-state index in [1.807, 2.05) is 41.5 Å². The van der Waals surface area contributed by atoms with Gasteiger partial charge in [0.15, 0.2) is 11.5 Å². The van der Waals surface area contributed by atoms with E-state index in [2.05, 4.69) is 0 Å². The standard InChI is InChI=1S/C30H47NO9/c1-16(2)12-13-37-30(36)38-15-19(7)25(26(31)27(32)33)22-10-11-23(39-28(34)20(8)17(3)4)24(14-22)40-29(35)21(9)18(5)6/h10-11,14,16-21,25-26H,12-13,15,31H2,1-9H3,(H,32,33)/t19?,20?,21?,25?,26-/m0/s1. The number of carbonyl (C=O) groups excluding carboxylic acids is 3. The van der Waals surface area contributed by atoms with Gasteiger partial charge in [0, 0.05) is 5.92 Å². The predicted molar refractivity (Wildman–Crippen MR) is 150 cm³/mol. The van der Waals surface area contributed by atoms with Gasteiger partial charge in [-0.3, -0.25) is 14.4 Å². The van der Waals surface area contributed by atoms with Gasteiger partial charge in [-0.1, -0.05) is 68.4 Å². The maximum atomic E-state index is 12.8. The van der Waals surface area contributed by atoms with Crippen molar-refractivity contribution in [2.24, 2.45) is 41.2 Å². The summed E-state index contributed by atoms with van der Waals surface area (Å²) in [4.78, 5) is 49.5. The van der Waals surface area contributed by atoms with E-state index in [0.29, 0.717) is 17.9 Å². The zero-order valence-corrected chi connectivity index (χ0v) is 25.3. The second-order valence-electron chi connectivity index (χ2n) is 11.6. The molecule has 3 N–H and O–H groups in total. The number of carbonyl (C=O) groups is 4. The van der Waals surface area contributed by atoms with Crippen molar-refractivity contribution in [3.63, 3.8) is 0 Å². The SMILES string of the molecule is CC(C)CCOC(=O)OCC(C)C(c1ccc(OC(=O)C(C)C(C)C)c(OC(=O)C(C)C(C)C)c1)[C@H](N)C(=O)O. The second kappa shape index (κ2) is 16.2. The van der Waals surface area contributed by atoms with E-state index in [1.165, 1.54) is 12.1 Å². The highest BCUT2D eigenvalue weighted by Crippen LogP contribution is 2.37. The number of carboxylic acid groups (broad SMARTS) is 1. The third-order valence-electron chi connectivity index (χ3n) is 7.18. The fourth-order valence-electron chi connectivity index (χ4n) is 3.61. The van der Waals surface area contributed by atoms with Gasteiger partial charge in [-0.2, -0.15) is 0 Å². The first-order valence-electron chi connectivity index (χ1n) is 13.9. The number of esters is 2. The molecule has 0 amide bonds. The second-order valence-corrected chi connectivity index (χ2v) is 11.6. The average molecular weight is 566 g/mol. The summed E-state index contributed by atoms with van der Waals surface area (Å²) in [6.07, 6.45) is -0.171. The molecule has 0 aliphatic carbocycles. The summed E-state index contributed by atoms with van der Waals surface area (Å²) in [6.45, 7) is 16.8. The molecule has 0 spiro atoms. The van der Waals surface area contributed by atoms with Crippen LogP contribution in [0, 0.1) is 35.5 Å². The van der Waals surface area contributed by atoms with Crippen molar-refractivity contribution in [3.05, 3.63) is 23.8 Å². The first-order chi connectivity index (χ1) is 18.6. The van der Waals surface area contributed by atoms with Crippen LogP contribution in [0.2, 0.25) is 0 Å². The van der Waals surface area contributed by atoms with E-state index in [9.17, 15) is 24.3 Å². The molecular formula is C30H47NO9. The topological polar surface area (TPSA) is 151 Å². The molecule has 0 radical (unpaired) electrons. The van der Waals surface area contributed by atoms with Crippen LogP contribution < -0.4 is 15.2 Å². The minimum atomic E-state index is -1.37. The van der Waals surface area contributed by atoms with Crippen molar-refractivity contribution in [1.82, 2.24) is 0 Å². The van der Waals surface area contributed by atoms with Gasteiger partial charge in [0.1, 0.15) is 6.04 Å². The van der Waals surface area contributed by atoms with Crippen molar-refractivity contribution in [1.29, 1.82) is 0 Å². The number of aliphatic carboxylic acids is 1. The Morgan fingerprint density at radius 2 is 1.32 bits per heavy atom. The number of hydrogen-bond donors (Lipinski definition) is 2. The molecule has 0 aromatic heterocycles. The van der Waals surface area contributed by atoms with Crippen LogP contribution >= 0.6 is 0 Å². The first-order valence-corrected chi connectivity index (χ1v) is 13.9. The maximum Gasteiger partial charge on any atom is 0.508 e. The Morgan fingerprint density at radius 3 is 1.80 bits per heavy atom. The highest BCUT2D eigenvalue weighted by atomic mass is 16.7. The number of ether oxygens (including phenoxy) is 4. The summed E-state index contributed by atoms with van der Waals surface area (Å²) < 4.78 is 21.6. The molecule has 0 aliphatic heterocycles. The number of rotatable bonds is 15. The van der Waals surface area contributed by atoms with Gasteiger partial charge in [-0.25, -0.2) is 4.79 Å². The lowest BCUT2D eigenvalue weighted by Gasteiger charge is -2.28. The lowest BCUT2D eigenvalue weighted by Crippen LogP contribution is -2.40. The monoisotopic (exact) mass is 565 g/mol. The van der Waals surface area contributed by atoms with Gasteiger partial charge in [0.2, 0.25) is 0 Å². The van der Waals surface area contributed by atoms with Crippen molar-refractivity contribution in [3.8, 4) is 11.5 Å². The molecule has 0 aliphatic rings. The van der Waals surface area contributed by atoms with E-state index >= 15 is 0 Å². The highest BCUT2D eigenvalue weighted by molar-refractivity contribution is 5.79. The Hall–Kier alpha value is -3.14. The van der Waals surface area contributed by atoms with E-state index in [4.69, 9.17) is 24.7 Å². The lowest BCUT2D eigenvalue weighted by molar-refractivity contribution is -0.142. The molecule has 0 bridgehead atoms. The Bertz CT molecular complexity index is 1000. The predicted octanol–water partition coefficient (Wildman–Crippen LogP) is 5.41. The fourth-order valence-corrected chi connectivity index (χ4v) is 3.61. The van der Waals surface area contributed by atoms with E-state index in [1.54, 1.807) is 26.8 Å². The molecule has 0 heterocycles. The fraction of sp³-hybridized carbons (Fsp3) is 0.667. The normalized spacial score (nSPS) is 15.2. The Kier molecular flexibility index (Phi) is 14.1. The summed E-state index contributed by atoms with van der Waals surface area (Å²) in [5.74, 6) is -4.17. The molecule has 1 aromatic rings. The first kappa shape index (κ1) is 34.9. The molecule has 1 aromatic carbocycles. The molecule has 1 rings (SSSR count). The molecule has 0 saturated heterocycles. The van der Waals surface area contributed by atoms with Crippen LogP contribution in [-0.4, -0.2) is 48.4 Å². The number of nitrogens with two attached hydrogens (primary N) is 1. The molecule has 226 valence electrons. The van der Waals surface area contributed by atoms with Gasteiger partial charge in [0.25, 0.3) is 0 Å². The summed E-state index contributed by atoms with van der Waals surface area (Å²) >= 11 is 0. The molecule has 10 nitrogen and oxygen atoms in total. The summed E-state index contributed by atoms with van der Waals surface area (Å²) in [5, 5.41) is 9.73. The van der Waals surface area contributed by atoms with Gasteiger partial charge in [-0.05, 0) is 47.8 Å². The third kappa shape index (κ3) is 10.8. The Labute approximate surface area is 237 Å². The Morgan fingerprint density at radius 1 is 0.800 bits per heavy atom. The smallest absolute Gasteiger partial charge is 0.480 e. The van der Waals surface area contributed by atoms with Crippen LogP contribution in [0.25, 0.3) is 0 Å². The molecule has 5 atom stereocenters. The van der Waals surface area contributed by atoms with E-state index in [-0.39, 0.29) is 36.5 Å². The van der Waals surface area contributed by atoms with Gasteiger partial charge < -0.3 is 29.8 Å². The number of carboxylic acids is 1. The molecule has 40 heavy (non-hydrogen) atoms. The van der Waals surface area contributed by atoms with Crippen LogP contribution in [0.4, 0.5) is 4.79 Å². The van der Waals surface area contributed by atoms with Crippen molar-refractivity contribution >= 4 is 24.1 Å². The van der Waals surface area contributed by atoms with Crippen LogP contribution in [0.15, 0.2) is 18.2 Å². The van der Waals surface area contributed by atoms with Crippen molar-refractivity contribution < 1.29 is 43.2 Å². The zero-order chi connectivity index (χ0) is 30.7. The van der Waals surface area contributed by atoms with Crippen LogP contribution in [-0.2, 0) is 23.9 Å². The molecule has 0 saturated carbocycles. The zero-order valence-electron chi connectivity index (χ0n) is 25.3. The molecule has 4 unspecified atom stereocenters. The van der Waals surface area contributed by atoms with Crippen LogP contribution in [0.3, 0.4) is 0 Å².